The molecule has 0 unspecified atom stereocenters. The summed E-state index contributed by atoms with van der Waals surface area (Å²) in [6.45, 7) is 7.43. The molecule has 6 heteroatoms. The first-order chi connectivity index (χ1) is 7.30. The van der Waals surface area contributed by atoms with Gasteiger partial charge in [0.05, 0.1) is 22.9 Å². The van der Waals surface area contributed by atoms with E-state index >= 15 is 0 Å². The molecule has 0 saturated heterocycles. The molecule has 1 rings (SSSR count). The van der Waals surface area contributed by atoms with Gasteiger partial charge in [0, 0.05) is 0 Å². The predicted molar refractivity (Wildman–Crippen MR) is 69.8 cm³/mol. The van der Waals surface area contributed by atoms with E-state index in [0.717, 1.165) is 0 Å². The van der Waals surface area contributed by atoms with Crippen LogP contribution >= 0.6 is 15.9 Å². The van der Waals surface area contributed by atoms with E-state index in [9.17, 15) is 4.21 Å². The third-order valence-corrected chi connectivity index (χ3v) is 3.63. The van der Waals surface area contributed by atoms with Crippen molar-refractivity contribution in [2.24, 2.45) is 4.40 Å². The zero-order valence-electron chi connectivity index (χ0n) is 9.69. The first-order valence-corrected chi connectivity index (χ1v) is 6.66. The third kappa shape index (κ3) is 3.75. The Balaban J connectivity index is 2.94. The van der Waals surface area contributed by atoms with Crippen LogP contribution in [0.3, 0.4) is 0 Å². The van der Waals surface area contributed by atoms with Gasteiger partial charge < -0.3 is 0 Å². The number of aromatic nitrogens is 2. The topological polar surface area (TPSA) is 55.2 Å². The second-order valence-corrected chi connectivity index (χ2v) is 6.98. The molecular weight excluding hydrogens is 290 g/mol. The van der Waals surface area contributed by atoms with Gasteiger partial charge in [0.2, 0.25) is 0 Å². The van der Waals surface area contributed by atoms with E-state index in [1.165, 1.54) is 0 Å². The Labute approximate surface area is 106 Å². The van der Waals surface area contributed by atoms with E-state index < -0.39 is 11.0 Å². The van der Waals surface area contributed by atoms with Crippen LogP contribution < -0.4 is 0 Å². The Kier molecular flexibility index (Phi) is 4.32. The van der Waals surface area contributed by atoms with E-state index in [1.807, 2.05) is 20.8 Å². The summed E-state index contributed by atoms with van der Waals surface area (Å²) in [5.74, 6) is 0. The number of halogens is 1. The van der Waals surface area contributed by atoms with Gasteiger partial charge in [-0.15, -0.1) is 0 Å². The van der Waals surface area contributed by atoms with Gasteiger partial charge in [-0.25, -0.2) is 9.19 Å². The van der Waals surface area contributed by atoms with Crippen molar-refractivity contribution in [1.29, 1.82) is 0 Å². The molecule has 0 aliphatic carbocycles. The molecule has 4 nitrogen and oxygen atoms in total. The minimum absolute atomic E-state index is 0.357. The van der Waals surface area contributed by atoms with Gasteiger partial charge >= 0.3 is 0 Å². The van der Waals surface area contributed by atoms with Crippen LogP contribution in [0.25, 0.3) is 0 Å². The Morgan fingerprint density at radius 3 is 2.44 bits per heavy atom. The Bertz CT molecular complexity index is 423. The third-order valence-electron chi connectivity index (χ3n) is 1.73. The highest BCUT2D eigenvalue weighted by atomic mass is 79.9. The molecule has 0 aliphatic heterocycles. The Morgan fingerprint density at radius 1 is 1.38 bits per heavy atom. The van der Waals surface area contributed by atoms with Crippen LogP contribution in [0, 0.1) is 0 Å². The number of nitrogens with zero attached hydrogens (tertiary/aromatic N) is 3. The van der Waals surface area contributed by atoms with Crippen LogP contribution in [-0.4, -0.2) is 24.6 Å². The van der Waals surface area contributed by atoms with Crippen LogP contribution in [-0.2, 0) is 11.0 Å². The number of hydrogen-bond acceptors (Lipinski definition) is 3. The van der Waals surface area contributed by atoms with Crippen LogP contribution in [0.4, 0.5) is 0 Å². The summed E-state index contributed by atoms with van der Waals surface area (Å²) in [5.41, 5.74) is 1.27. The monoisotopic (exact) mass is 303 g/mol. The van der Waals surface area contributed by atoms with E-state index in [4.69, 9.17) is 0 Å². The highest BCUT2D eigenvalue weighted by Crippen LogP contribution is 2.13. The Morgan fingerprint density at radius 2 is 2.00 bits per heavy atom. The zero-order chi connectivity index (χ0) is 12.3. The van der Waals surface area contributed by atoms with Crippen molar-refractivity contribution in [2.45, 2.75) is 32.4 Å². The second-order valence-electron chi connectivity index (χ2n) is 4.26. The fourth-order valence-corrected chi connectivity index (χ4v) is 1.63. The fourth-order valence-electron chi connectivity index (χ4n) is 0.807. The lowest BCUT2D eigenvalue weighted by Gasteiger charge is -2.13. The molecule has 0 aromatic carbocycles. The molecule has 0 spiro atoms. The minimum Gasteiger partial charge on any atom is -0.250 e. The quantitative estimate of drug-likeness (QED) is 0.789. The summed E-state index contributed by atoms with van der Waals surface area (Å²) in [4.78, 5) is 8.18. The second kappa shape index (κ2) is 5.14. The van der Waals surface area contributed by atoms with E-state index in [1.54, 1.807) is 19.3 Å². The smallest absolute Gasteiger partial charge is 0.145 e. The standard InChI is InChI=1S/C10H14BrN3OS/c1-7(14-16(15)10(2,3)4)8-5-13-9(11)6-12-8/h5-6H,1-4H3/b14-7-/t16-/m1/s1. The van der Waals surface area contributed by atoms with Crippen molar-refractivity contribution in [3.05, 3.63) is 22.7 Å². The first kappa shape index (κ1) is 13.4. The molecular formula is C10H14BrN3OS. The highest BCUT2D eigenvalue weighted by Gasteiger charge is 2.19. The summed E-state index contributed by atoms with van der Waals surface area (Å²) < 4.78 is 16.2. The molecule has 1 heterocycles. The van der Waals surface area contributed by atoms with E-state index in [-0.39, 0.29) is 4.75 Å². The molecule has 0 fully saturated rings. The molecule has 0 saturated carbocycles. The van der Waals surface area contributed by atoms with Gasteiger partial charge in [-0.1, -0.05) is 0 Å². The lowest BCUT2D eigenvalue weighted by molar-refractivity contribution is 0.650. The van der Waals surface area contributed by atoms with Gasteiger partial charge in [0.15, 0.2) is 0 Å². The van der Waals surface area contributed by atoms with Gasteiger partial charge in [-0.2, -0.15) is 4.40 Å². The van der Waals surface area contributed by atoms with E-state index in [0.29, 0.717) is 16.0 Å². The maximum atomic E-state index is 11.8. The van der Waals surface area contributed by atoms with Crippen molar-refractivity contribution in [2.75, 3.05) is 0 Å². The van der Waals surface area contributed by atoms with Crippen LogP contribution in [0.15, 0.2) is 21.4 Å². The van der Waals surface area contributed by atoms with Gasteiger partial charge in [0.1, 0.15) is 21.3 Å². The van der Waals surface area contributed by atoms with Crippen molar-refractivity contribution in [3.8, 4) is 0 Å². The highest BCUT2D eigenvalue weighted by molar-refractivity contribution is 9.10. The molecule has 1 aromatic rings. The molecule has 0 amide bonds. The average molecular weight is 304 g/mol. The van der Waals surface area contributed by atoms with Crippen molar-refractivity contribution in [1.82, 2.24) is 9.97 Å². The van der Waals surface area contributed by atoms with Crippen molar-refractivity contribution in [3.63, 3.8) is 0 Å². The van der Waals surface area contributed by atoms with E-state index in [2.05, 4.69) is 30.3 Å². The molecule has 16 heavy (non-hydrogen) atoms. The fraction of sp³-hybridized carbons (Fsp3) is 0.500. The summed E-state index contributed by atoms with van der Waals surface area (Å²) in [7, 11) is -1.26. The zero-order valence-corrected chi connectivity index (χ0v) is 12.1. The minimum atomic E-state index is -1.26. The van der Waals surface area contributed by atoms with Crippen molar-refractivity contribution >= 4 is 32.6 Å². The predicted octanol–water partition coefficient (Wildman–Crippen LogP) is 2.51. The van der Waals surface area contributed by atoms with Crippen LogP contribution in [0.5, 0.6) is 0 Å². The lowest BCUT2D eigenvalue weighted by atomic mass is 10.3. The average Bonchev–Trinajstić information content (AvgIpc) is 2.17. The maximum Gasteiger partial charge on any atom is 0.145 e. The molecule has 1 aromatic heterocycles. The normalized spacial score (nSPS) is 14.9. The molecule has 0 radical (unpaired) electrons. The molecule has 0 N–H and O–H groups in total. The first-order valence-electron chi connectivity index (χ1n) is 4.76. The molecule has 88 valence electrons. The summed E-state index contributed by atoms with van der Waals surface area (Å²) in [6, 6.07) is 0. The largest absolute Gasteiger partial charge is 0.250 e. The summed E-state index contributed by atoms with van der Waals surface area (Å²) in [5, 5.41) is 0. The van der Waals surface area contributed by atoms with Crippen molar-refractivity contribution < 1.29 is 4.21 Å². The molecule has 0 bridgehead atoms. The molecule has 1 atom stereocenters. The van der Waals surface area contributed by atoms with Crippen LogP contribution in [0.2, 0.25) is 0 Å². The number of hydrogen-bond donors (Lipinski definition) is 0. The number of rotatable bonds is 2. The SMILES string of the molecule is C/C(=N/[S@](=O)C(C)(C)C)c1cnc(Br)cn1. The van der Waals surface area contributed by atoms with Gasteiger partial charge in [0.25, 0.3) is 0 Å². The summed E-state index contributed by atoms with van der Waals surface area (Å²) >= 11 is 3.20. The van der Waals surface area contributed by atoms with Gasteiger partial charge in [-0.05, 0) is 43.6 Å². The maximum absolute atomic E-state index is 11.8. The molecule has 0 aliphatic rings. The van der Waals surface area contributed by atoms with Gasteiger partial charge in [-0.3, -0.25) is 4.98 Å². The lowest BCUT2D eigenvalue weighted by Crippen LogP contribution is -2.20. The summed E-state index contributed by atoms with van der Waals surface area (Å²) in [6.07, 6.45) is 3.19. The Hall–Kier alpha value is -0.620. The van der Waals surface area contributed by atoms with Crippen LogP contribution in [0.1, 0.15) is 33.4 Å².